The molecular formula is C60H59FN8O10S. The minimum absolute atomic E-state index is 0.0423. The molecule has 2 aliphatic rings. The number of anilines is 1. The highest BCUT2D eigenvalue weighted by Crippen LogP contribution is 2.41. The molecule has 1 unspecified atom stereocenters. The summed E-state index contributed by atoms with van der Waals surface area (Å²) >= 11 is 1.44. The van der Waals surface area contributed by atoms with Crippen molar-refractivity contribution >= 4 is 74.4 Å². The molecule has 0 radical (unpaired) electrons. The normalized spacial score (nSPS) is 16.8. The second-order valence-electron chi connectivity index (χ2n) is 21.1. The van der Waals surface area contributed by atoms with Crippen LogP contribution in [0.15, 0.2) is 148 Å². The van der Waals surface area contributed by atoms with Gasteiger partial charge in [0.2, 0.25) is 23.6 Å². The van der Waals surface area contributed by atoms with Gasteiger partial charge in [-0.05, 0) is 78.8 Å². The van der Waals surface area contributed by atoms with Crippen molar-refractivity contribution in [2.24, 2.45) is 5.41 Å². The molecule has 0 spiro atoms. The molecule has 4 aromatic carbocycles. The van der Waals surface area contributed by atoms with E-state index in [-0.39, 0.29) is 51.3 Å². The number of β-amino-alcohol motifs (C(OH)–C–C–N with tert-alkyl or cyclic N) is 1. The lowest BCUT2D eigenvalue weighted by atomic mass is 9.85. The molecule has 1 aliphatic carbocycles. The Morgan fingerprint density at radius 1 is 0.875 bits per heavy atom. The van der Waals surface area contributed by atoms with Gasteiger partial charge < -0.3 is 44.8 Å². The molecule has 1 aliphatic heterocycles. The Morgan fingerprint density at radius 2 is 1.64 bits per heavy atom. The number of furan rings is 2. The van der Waals surface area contributed by atoms with E-state index in [4.69, 9.17) is 13.6 Å². The number of thiazole rings is 1. The number of pyridine rings is 1. The number of benzene rings is 4. The third-order valence-corrected chi connectivity index (χ3v) is 15.3. The number of nitrogens with zero attached hydrogens (tertiary/aromatic N) is 4. The Morgan fingerprint density at radius 3 is 2.35 bits per heavy atom. The fourth-order valence-corrected chi connectivity index (χ4v) is 10.7. The fraction of sp³-hybridized carbons (Fsp3) is 0.300. The predicted molar refractivity (Wildman–Crippen MR) is 297 cm³/mol. The largest absolute Gasteiger partial charge is 0.491 e. The van der Waals surface area contributed by atoms with Gasteiger partial charge in [0.15, 0.2) is 11.4 Å². The summed E-state index contributed by atoms with van der Waals surface area (Å²) in [5.74, 6) is -3.66. The SMILES string of the molecule is Cc1ncsc1-c1ccc(CNC(=O)[C@@H]2C[C@@H](O)CN2C(=O)[C@@H](NC(=O)C2(F)CC2)C(C)(C)C)c(OCCNC(=O)[C@@H](NC(=O)C(c2cccnc2)N(C(=O)c2ccco2)c2ccc3c(c2)oc2ccccc23)c2ccccc2)c1. The Balaban J connectivity index is 0.869. The maximum Gasteiger partial charge on any atom is 0.294 e. The van der Waals surface area contributed by atoms with E-state index >= 15 is 4.79 Å². The molecule has 1 saturated heterocycles. The molecule has 2 fully saturated rings. The molecule has 4 aromatic heterocycles. The standard InChI is InChI=1S/C60H59FN8O10S/c1-35-51(80-34-65-35)37-18-19-38(32-64-53(71)44-30-41(70)33-68(44)57(75)52(59(2,3)4)67-58(76)60(61)22-23-60)47(28-37)78-27-25-63-54(72)49(36-12-6-5-7-13-36)66-55(73)50(39-14-10-24-62-31-39)69(56(74)46-17-11-26-77-46)40-20-21-43-42-15-8-9-16-45(42)79-48(43)29-40/h5-21,24,26,28-29,31,34,41,44,49-50,52,70H,22-23,25,27,30,32-33H2,1-4H3,(H,63,72)(H,64,71)(H,66,73)(H,67,76)/t41-,44+,49+,50?,52-/m1/s1. The van der Waals surface area contributed by atoms with Gasteiger partial charge in [-0.3, -0.25) is 38.7 Å². The number of alkyl halides is 1. The van der Waals surface area contributed by atoms with E-state index in [0.717, 1.165) is 26.9 Å². The van der Waals surface area contributed by atoms with Crippen LogP contribution in [0.4, 0.5) is 10.1 Å². The van der Waals surface area contributed by atoms with Gasteiger partial charge in [0, 0.05) is 65.6 Å². The average molecular weight is 1100 g/mol. The molecule has 8 aromatic rings. The molecule has 10 rings (SSSR count). The van der Waals surface area contributed by atoms with Crippen molar-refractivity contribution in [2.75, 3.05) is 24.6 Å². The first-order valence-electron chi connectivity index (χ1n) is 26.2. The van der Waals surface area contributed by atoms with Gasteiger partial charge in [0.25, 0.3) is 11.8 Å². The third kappa shape index (κ3) is 11.7. The Bertz CT molecular complexity index is 3580. The number of halogens is 1. The lowest BCUT2D eigenvalue weighted by molar-refractivity contribution is -0.145. The van der Waals surface area contributed by atoms with Crippen molar-refractivity contribution < 1.29 is 51.8 Å². The van der Waals surface area contributed by atoms with Crippen LogP contribution >= 0.6 is 11.3 Å². The second-order valence-corrected chi connectivity index (χ2v) is 21.9. The van der Waals surface area contributed by atoms with E-state index in [1.165, 1.54) is 39.7 Å². The lowest BCUT2D eigenvalue weighted by Gasteiger charge is -2.35. The van der Waals surface area contributed by atoms with Crippen LogP contribution in [0.25, 0.3) is 32.4 Å². The third-order valence-electron chi connectivity index (χ3n) is 14.3. The topological polar surface area (TPSA) is 239 Å². The fourth-order valence-electron chi connectivity index (χ4n) is 9.90. The van der Waals surface area contributed by atoms with E-state index < -0.39 is 76.8 Å². The summed E-state index contributed by atoms with van der Waals surface area (Å²) in [5, 5.41) is 23.8. The van der Waals surface area contributed by atoms with E-state index in [0.29, 0.717) is 39.3 Å². The summed E-state index contributed by atoms with van der Waals surface area (Å²) in [6, 6.07) is 28.3. The van der Waals surface area contributed by atoms with Crippen molar-refractivity contribution in [3.05, 3.63) is 168 Å². The summed E-state index contributed by atoms with van der Waals surface area (Å²) in [6.07, 6.45) is 3.43. The van der Waals surface area contributed by atoms with Gasteiger partial charge in [-0.1, -0.05) is 87.5 Å². The van der Waals surface area contributed by atoms with Crippen molar-refractivity contribution in [3.8, 4) is 16.2 Å². The van der Waals surface area contributed by atoms with Crippen LogP contribution in [-0.2, 0) is 30.5 Å². The minimum Gasteiger partial charge on any atom is -0.491 e. The van der Waals surface area contributed by atoms with E-state index in [1.807, 2.05) is 43.3 Å². The van der Waals surface area contributed by atoms with Crippen molar-refractivity contribution in [1.82, 2.24) is 36.1 Å². The zero-order valence-corrected chi connectivity index (χ0v) is 45.1. The summed E-state index contributed by atoms with van der Waals surface area (Å²) < 4.78 is 33.0. The van der Waals surface area contributed by atoms with Gasteiger partial charge >= 0.3 is 0 Å². The molecule has 18 nitrogen and oxygen atoms in total. The molecule has 5 heterocycles. The molecule has 1 saturated carbocycles. The van der Waals surface area contributed by atoms with Gasteiger partial charge in [0.1, 0.15) is 47.7 Å². The van der Waals surface area contributed by atoms with Crippen molar-refractivity contribution in [1.29, 1.82) is 0 Å². The number of likely N-dealkylation sites (tertiary alicyclic amines) is 1. The molecule has 5 N–H and O–H groups in total. The molecular weight excluding hydrogens is 1040 g/mol. The smallest absolute Gasteiger partial charge is 0.294 e. The van der Waals surface area contributed by atoms with Crippen LogP contribution in [-0.4, -0.2) is 99.0 Å². The van der Waals surface area contributed by atoms with Gasteiger partial charge in [-0.15, -0.1) is 11.3 Å². The number of ether oxygens (including phenoxy) is 1. The maximum atomic E-state index is 15.1. The number of aliphatic hydroxyl groups excluding tert-OH is 1. The summed E-state index contributed by atoms with van der Waals surface area (Å²) in [7, 11) is 0. The molecule has 412 valence electrons. The Labute approximate surface area is 463 Å². The number of fused-ring (bicyclic) bond motifs is 3. The first-order chi connectivity index (χ1) is 38.5. The number of carbonyl (C=O) groups is 6. The Kier molecular flexibility index (Phi) is 15.6. The number of para-hydroxylation sites is 1. The molecule has 6 amide bonds. The van der Waals surface area contributed by atoms with Crippen LogP contribution in [0.2, 0.25) is 0 Å². The number of rotatable bonds is 19. The highest BCUT2D eigenvalue weighted by atomic mass is 32.1. The number of carbonyl (C=O) groups excluding carboxylic acids is 6. The van der Waals surface area contributed by atoms with Crippen LogP contribution in [0.5, 0.6) is 5.75 Å². The summed E-state index contributed by atoms with van der Waals surface area (Å²) in [5.41, 5.74) is 3.19. The van der Waals surface area contributed by atoms with Gasteiger partial charge in [0.05, 0.1) is 35.0 Å². The number of aryl methyl sites for hydroxylation is 1. The van der Waals surface area contributed by atoms with Crippen LogP contribution < -0.4 is 30.9 Å². The highest BCUT2D eigenvalue weighted by Gasteiger charge is 2.53. The number of hydrogen-bond donors (Lipinski definition) is 5. The first-order valence-corrected chi connectivity index (χ1v) is 27.1. The van der Waals surface area contributed by atoms with E-state index in [2.05, 4.69) is 31.2 Å². The zero-order chi connectivity index (χ0) is 56.3. The second kappa shape index (κ2) is 22.9. The summed E-state index contributed by atoms with van der Waals surface area (Å²) in [6.45, 7) is 6.73. The number of nitrogens with one attached hydrogen (secondary N) is 4. The predicted octanol–water partition coefficient (Wildman–Crippen LogP) is 8.06. The lowest BCUT2D eigenvalue weighted by Crippen LogP contribution is -2.59. The minimum atomic E-state index is -2.03. The van der Waals surface area contributed by atoms with Crippen LogP contribution in [0.1, 0.15) is 85.1 Å². The maximum absolute atomic E-state index is 15.1. The number of aliphatic hydroxyl groups is 1. The zero-order valence-electron chi connectivity index (χ0n) is 44.3. The Hall–Kier alpha value is -8.75. The van der Waals surface area contributed by atoms with Gasteiger partial charge in [-0.25, -0.2) is 9.37 Å². The number of amides is 6. The van der Waals surface area contributed by atoms with Gasteiger partial charge in [-0.2, -0.15) is 0 Å². The molecule has 5 atom stereocenters. The highest BCUT2D eigenvalue weighted by molar-refractivity contribution is 7.13. The first kappa shape index (κ1) is 54.6. The molecule has 80 heavy (non-hydrogen) atoms. The number of aromatic nitrogens is 2. The quantitative estimate of drug-likeness (QED) is 0.0484. The van der Waals surface area contributed by atoms with Crippen LogP contribution in [0, 0.1) is 12.3 Å². The van der Waals surface area contributed by atoms with Crippen LogP contribution in [0.3, 0.4) is 0 Å². The van der Waals surface area contributed by atoms with Crippen molar-refractivity contribution in [2.45, 2.75) is 89.4 Å². The molecule has 0 bridgehead atoms. The average Bonchev–Trinajstić information content (AvgIpc) is 4.07. The molecule has 20 heteroatoms. The monoisotopic (exact) mass is 1100 g/mol. The number of hydrogen-bond acceptors (Lipinski definition) is 13. The summed E-state index contributed by atoms with van der Waals surface area (Å²) in [4.78, 5) is 97.4. The van der Waals surface area contributed by atoms with Crippen molar-refractivity contribution in [3.63, 3.8) is 0 Å². The van der Waals surface area contributed by atoms with E-state index in [9.17, 15) is 33.5 Å². The van der Waals surface area contributed by atoms with E-state index in [1.54, 1.807) is 105 Å².